The second kappa shape index (κ2) is 2.14. The molecule has 0 aromatic rings. The lowest BCUT2D eigenvalue weighted by molar-refractivity contribution is 0.497. The molecule has 0 saturated carbocycles. The Labute approximate surface area is 45.0 Å². The van der Waals surface area contributed by atoms with Crippen LogP contribution in [0.2, 0.25) is 0 Å². The highest BCUT2D eigenvalue weighted by Crippen LogP contribution is 2.31. The number of rotatable bonds is 1. The summed E-state index contributed by atoms with van der Waals surface area (Å²) in [6, 6.07) is -2.51. The highest BCUT2D eigenvalue weighted by atomic mass is 31.4. The van der Waals surface area contributed by atoms with Crippen molar-refractivity contribution in [2.45, 2.75) is 6.92 Å². The average molecular weight is 122 g/mol. The van der Waals surface area contributed by atoms with Crippen molar-refractivity contribution < 1.29 is 9.46 Å². The summed E-state index contributed by atoms with van der Waals surface area (Å²) in [5.41, 5.74) is 0. The summed E-state index contributed by atoms with van der Waals surface area (Å²) >= 11 is 0.440. The van der Waals surface area contributed by atoms with Gasteiger partial charge in [0.25, 0.3) is 0 Å². The van der Waals surface area contributed by atoms with Gasteiger partial charge in [0, 0.05) is 6.16 Å². The Balaban J connectivity index is 3.48. The van der Waals surface area contributed by atoms with Crippen molar-refractivity contribution in [3.05, 3.63) is 0 Å². The van der Waals surface area contributed by atoms with Crippen LogP contribution >= 0.6 is 6.02 Å². The van der Waals surface area contributed by atoms with Gasteiger partial charge in [-0.25, -0.2) is 0 Å². The smallest absolute Gasteiger partial charge is 0.358 e. The summed E-state index contributed by atoms with van der Waals surface area (Å²) in [5.74, 6) is 0. The molecule has 0 aromatic heterocycles. The van der Waals surface area contributed by atoms with Gasteiger partial charge in [0.2, 0.25) is 0 Å². The SMILES string of the molecule is CC[P](=O)(O)[AlH2]. The van der Waals surface area contributed by atoms with Gasteiger partial charge in [0.15, 0.2) is 0 Å². The molecule has 0 aromatic carbocycles. The minimum Gasteiger partial charge on any atom is -0.358 e. The van der Waals surface area contributed by atoms with E-state index in [0.717, 1.165) is 0 Å². The van der Waals surface area contributed by atoms with Gasteiger partial charge in [0.05, 0.1) is 0 Å². The highest BCUT2D eigenvalue weighted by Gasteiger charge is 2.01. The lowest BCUT2D eigenvalue weighted by Gasteiger charge is -1.95. The Morgan fingerprint density at radius 2 is 2.17 bits per heavy atom. The first-order chi connectivity index (χ1) is 2.56. The maximum Gasteiger partial charge on any atom is 0.358 e. The zero-order valence-electron chi connectivity index (χ0n) is 4.01. The molecule has 0 bridgehead atoms. The zero-order chi connectivity index (χ0) is 5.21. The molecule has 0 fully saturated rings. The lowest BCUT2D eigenvalue weighted by Crippen LogP contribution is -1.78. The van der Waals surface area contributed by atoms with Gasteiger partial charge in [0.1, 0.15) is 6.02 Å². The molecule has 0 saturated heterocycles. The van der Waals surface area contributed by atoms with E-state index in [9.17, 15) is 4.57 Å². The Bertz CT molecular complexity index is 75.6. The summed E-state index contributed by atoms with van der Waals surface area (Å²) in [5, 5.41) is 0. The fourth-order valence-corrected chi connectivity index (χ4v) is 0. The zero-order valence-corrected chi connectivity index (χ0v) is 6.90. The number of hydrogen-bond donors (Lipinski definition) is 1. The maximum atomic E-state index is 10.2. The molecule has 0 spiro atoms. The van der Waals surface area contributed by atoms with Crippen LogP contribution in [0.25, 0.3) is 0 Å². The third-order valence-electron chi connectivity index (χ3n) is 0.587. The molecule has 1 atom stereocenters. The first-order valence-electron chi connectivity index (χ1n) is 1.85. The van der Waals surface area contributed by atoms with Gasteiger partial charge < -0.3 is 9.46 Å². The fraction of sp³-hybridized carbons (Fsp3) is 1.00. The molecule has 36 valence electrons. The first-order valence-corrected chi connectivity index (χ1v) is 6.83. The van der Waals surface area contributed by atoms with Crippen LogP contribution in [0.4, 0.5) is 0 Å². The largest absolute Gasteiger partial charge is 0.358 e. The summed E-state index contributed by atoms with van der Waals surface area (Å²) in [6.07, 6.45) is 0.444. The second-order valence-corrected chi connectivity index (χ2v) is 8.29. The van der Waals surface area contributed by atoms with Crippen LogP contribution in [0.1, 0.15) is 6.92 Å². The van der Waals surface area contributed by atoms with Gasteiger partial charge in [-0.3, -0.25) is 0 Å². The maximum absolute atomic E-state index is 10.2. The van der Waals surface area contributed by atoms with E-state index >= 15 is 0 Å². The normalized spacial score (nSPS) is 19.7. The monoisotopic (exact) mass is 122 g/mol. The van der Waals surface area contributed by atoms with Gasteiger partial charge in [-0.15, -0.1) is 0 Å². The Morgan fingerprint density at radius 3 is 2.17 bits per heavy atom. The Kier molecular flexibility index (Phi) is 2.40. The van der Waals surface area contributed by atoms with E-state index in [2.05, 4.69) is 0 Å². The van der Waals surface area contributed by atoms with Gasteiger partial charge in [-0.2, -0.15) is 0 Å². The third-order valence-corrected chi connectivity index (χ3v) is 3.66. The van der Waals surface area contributed by atoms with Gasteiger partial charge in [-0.05, 0) is 0 Å². The lowest BCUT2D eigenvalue weighted by atomic mass is 11.0. The van der Waals surface area contributed by atoms with Crippen LogP contribution in [-0.4, -0.2) is 26.9 Å². The number of hydrogen-bond acceptors (Lipinski definition) is 1. The quantitative estimate of drug-likeness (QED) is 0.387. The van der Waals surface area contributed by atoms with Gasteiger partial charge >= 0.3 is 15.8 Å². The predicted octanol–water partition coefficient (Wildman–Crippen LogP) is -0.175. The standard InChI is InChI=1S/C2H5O2P.Al.2H/c1-2-5(3)4;;;/h2H2,1H3;;;/q;-1;;/p+1. The molecule has 4 heteroatoms. The molecule has 1 unspecified atom stereocenters. The minimum absolute atomic E-state index is 0.440. The predicted molar refractivity (Wildman–Crippen MR) is 28.9 cm³/mol. The highest BCUT2D eigenvalue weighted by molar-refractivity contribution is 7.82. The molecule has 0 amide bonds. The molecule has 2 nitrogen and oxygen atoms in total. The van der Waals surface area contributed by atoms with Crippen LogP contribution in [0.5, 0.6) is 0 Å². The molecule has 0 aliphatic heterocycles. The topological polar surface area (TPSA) is 37.3 Å². The second-order valence-electron chi connectivity index (χ2n) is 1.37. The first kappa shape index (κ1) is 6.72. The Hall–Kier alpha value is 0.722. The van der Waals surface area contributed by atoms with Crippen molar-refractivity contribution in [2.24, 2.45) is 0 Å². The van der Waals surface area contributed by atoms with Crippen LogP contribution in [-0.2, 0) is 4.57 Å². The van der Waals surface area contributed by atoms with E-state index < -0.39 is 6.02 Å². The van der Waals surface area contributed by atoms with E-state index in [0.29, 0.717) is 22.0 Å². The molecule has 0 aliphatic carbocycles. The van der Waals surface area contributed by atoms with E-state index in [1.807, 2.05) is 0 Å². The minimum atomic E-state index is -2.51. The van der Waals surface area contributed by atoms with Crippen molar-refractivity contribution in [2.75, 3.05) is 6.16 Å². The van der Waals surface area contributed by atoms with Crippen LogP contribution in [0, 0.1) is 0 Å². The molecular formula is C2H8AlO2P. The summed E-state index contributed by atoms with van der Waals surface area (Å²) in [4.78, 5) is 8.44. The molecule has 0 rings (SSSR count). The van der Waals surface area contributed by atoms with Crippen molar-refractivity contribution in [3.63, 3.8) is 0 Å². The molecule has 0 aliphatic rings. The van der Waals surface area contributed by atoms with Crippen molar-refractivity contribution in [1.82, 2.24) is 0 Å². The van der Waals surface area contributed by atoms with Gasteiger partial charge in [-0.1, -0.05) is 6.92 Å². The summed E-state index contributed by atoms with van der Waals surface area (Å²) in [7, 11) is 0. The molecular weight excluding hydrogens is 114 g/mol. The molecule has 0 radical (unpaired) electrons. The summed E-state index contributed by atoms with van der Waals surface area (Å²) in [6.45, 7) is 1.73. The average Bonchev–Trinajstić information content (AvgIpc) is 1.35. The van der Waals surface area contributed by atoms with Crippen molar-refractivity contribution in [3.8, 4) is 0 Å². The van der Waals surface area contributed by atoms with Crippen LogP contribution in [0.3, 0.4) is 0 Å². The van der Waals surface area contributed by atoms with Crippen LogP contribution in [0.15, 0.2) is 0 Å². The van der Waals surface area contributed by atoms with Crippen molar-refractivity contribution in [1.29, 1.82) is 0 Å². The molecule has 1 N–H and O–H groups in total. The fourth-order valence-electron chi connectivity index (χ4n) is 0. The van der Waals surface area contributed by atoms with E-state index in [1.165, 1.54) is 0 Å². The Morgan fingerprint density at radius 1 is 2.00 bits per heavy atom. The summed E-state index contributed by atoms with van der Waals surface area (Å²) < 4.78 is 10.2. The van der Waals surface area contributed by atoms with E-state index in [-0.39, 0.29) is 0 Å². The van der Waals surface area contributed by atoms with E-state index in [1.54, 1.807) is 6.92 Å². The van der Waals surface area contributed by atoms with Crippen LogP contribution < -0.4 is 0 Å². The molecule has 0 heterocycles. The molecule has 6 heavy (non-hydrogen) atoms. The van der Waals surface area contributed by atoms with Crippen molar-refractivity contribution >= 4 is 21.9 Å². The third kappa shape index (κ3) is 4.72. The van der Waals surface area contributed by atoms with E-state index in [4.69, 9.17) is 4.89 Å².